The number of nitrogens with zero attached hydrogens (tertiary/aromatic N) is 3. The summed E-state index contributed by atoms with van der Waals surface area (Å²) in [7, 11) is 1.94. The quantitative estimate of drug-likeness (QED) is 0.398. The molecule has 0 radical (unpaired) electrons. The van der Waals surface area contributed by atoms with E-state index in [4.69, 9.17) is 21.1 Å². The highest BCUT2D eigenvalue weighted by molar-refractivity contribution is 7.99. The van der Waals surface area contributed by atoms with Crippen molar-refractivity contribution in [2.45, 2.75) is 25.6 Å². The summed E-state index contributed by atoms with van der Waals surface area (Å²) in [6, 6.07) is 13.4. The Morgan fingerprint density at radius 3 is 2.41 bits per heavy atom. The molecule has 0 saturated heterocycles. The minimum atomic E-state index is 0.352. The molecular weight excluding hydrogens is 382 g/mol. The molecule has 0 spiro atoms. The molecule has 0 unspecified atom stereocenters. The molecule has 0 N–H and O–H groups in total. The van der Waals surface area contributed by atoms with Gasteiger partial charge in [0, 0.05) is 17.8 Å². The van der Waals surface area contributed by atoms with E-state index in [2.05, 4.69) is 36.2 Å². The SMILES string of the molecule is Cc1cccc(C)c1OCCSc1nnc(COc2ccc(Cl)cc2)n1C. The zero-order chi connectivity index (χ0) is 19.2. The van der Waals surface area contributed by atoms with E-state index in [1.54, 1.807) is 23.9 Å². The van der Waals surface area contributed by atoms with Crippen molar-refractivity contribution in [2.24, 2.45) is 7.05 Å². The third-order valence-corrected chi connectivity index (χ3v) is 5.31. The molecule has 5 nitrogen and oxygen atoms in total. The van der Waals surface area contributed by atoms with E-state index >= 15 is 0 Å². The van der Waals surface area contributed by atoms with E-state index in [1.807, 2.05) is 29.8 Å². The van der Waals surface area contributed by atoms with Gasteiger partial charge in [-0.3, -0.25) is 0 Å². The van der Waals surface area contributed by atoms with Crippen LogP contribution >= 0.6 is 23.4 Å². The number of halogens is 1. The van der Waals surface area contributed by atoms with Crippen LogP contribution in [-0.2, 0) is 13.7 Å². The first-order valence-corrected chi connectivity index (χ1v) is 9.99. The Hall–Kier alpha value is -2.18. The highest BCUT2D eigenvalue weighted by atomic mass is 35.5. The van der Waals surface area contributed by atoms with E-state index in [9.17, 15) is 0 Å². The summed E-state index contributed by atoms with van der Waals surface area (Å²) in [6.07, 6.45) is 0. The second-order valence-corrected chi connectivity index (χ2v) is 7.62. The lowest BCUT2D eigenvalue weighted by Crippen LogP contribution is -2.06. The predicted octanol–water partition coefficient (Wildman–Crippen LogP) is 4.84. The van der Waals surface area contributed by atoms with Gasteiger partial charge >= 0.3 is 0 Å². The van der Waals surface area contributed by atoms with Gasteiger partial charge in [0.2, 0.25) is 0 Å². The number of aryl methyl sites for hydroxylation is 2. The first kappa shape index (κ1) is 19.6. The van der Waals surface area contributed by atoms with Gasteiger partial charge in [-0.15, -0.1) is 10.2 Å². The van der Waals surface area contributed by atoms with Gasteiger partial charge in [-0.2, -0.15) is 0 Å². The number of benzene rings is 2. The Morgan fingerprint density at radius 2 is 1.70 bits per heavy atom. The Labute approximate surface area is 168 Å². The zero-order valence-electron chi connectivity index (χ0n) is 15.6. The average Bonchev–Trinajstić information content (AvgIpc) is 3.00. The van der Waals surface area contributed by atoms with Crippen LogP contribution in [0.15, 0.2) is 47.6 Å². The molecule has 0 aliphatic rings. The number of ether oxygens (including phenoxy) is 2. The average molecular weight is 404 g/mol. The van der Waals surface area contributed by atoms with Crippen LogP contribution < -0.4 is 9.47 Å². The molecule has 0 amide bonds. The topological polar surface area (TPSA) is 49.2 Å². The molecule has 0 aliphatic carbocycles. The molecule has 1 aromatic heterocycles. The lowest BCUT2D eigenvalue weighted by atomic mass is 10.1. The molecule has 0 saturated carbocycles. The number of rotatable bonds is 8. The van der Waals surface area contributed by atoms with Crippen molar-refractivity contribution in [3.05, 3.63) is 64.4 Å². The second kappa shape index (κ2) is 9.15. The third kappa shape index (κ3) is 5.17. The van der Waals surface area contributed by atoms with Crippen LogP contribution in [0.2, 0.25) is 5.02 Å². The molecule has 27 heavy (non-hydrogen) atoms. The monoisotopic (exact) mass is 403 g/mol. The summed E-state index contributed by atoms with van der Waals surface area (Å²) in [4.78, 5) is 0. The highest BCUT2D eigenvalue weighted by Gasteiger charge is 2.10. The fourth-order valence-electron chi connectivity index (χ4n) is 2.58. The van der Waals surface area contributed by atoms with Crippen molar-refractivity contribution in [1.29, 1.82) is 0 Å². The molecule has 7 heteroatoms. The van der Waals surface area contributed by atoms with Crippen molar-refractivity contribution in [1.82, 2.24) is 14.8 Å². The van der Waals surface area contributed by atoms with Gasteiger partial charge < -0.3 is 14.0 Å². The maximum atomic E-state index is 5.94. The van der Waals surface area contributed by atoms with Gasteiger partial charge in [-0.1, -0.05) is 41.6 Å². The Morgan fingerprint density at radius 1 is 1.00 bits per heavy atom. The molecule has 3 aromatic rings. The van der Waals surface area contributed by atoms with Gasteiger partial charge in [0.15, 0.2) is 11.0 Å². The van der Waals surface area contributed by atoms with Crippen molar-refractivity contribution in [3.63, 3.8) is 0 Å². The van der Waals surface area contributed by atoms with Gasteiger partial charge in [0.05, 0.1) is 6.61 Å². The van der Waals surface area contributed by atoms with Gasteiger partial charge in [-0.05, 0) is 49.2 Å². The molecule has 3 rings (SSSR count). The first-order valence-electron chi connectivity index (χ1n) is 8.63. The van der Waals surface area contributed by atoms with Gasteiger partial charge in [0.1, 0.15) is 18.1 Å². The molecular formula is C20H22ClN3O2S. The van der Waals surface area contributed by atoms with E-state index in [0.29, 0.717) is 18.2 Å². The molecule has 2 aromatic carbocycles. The summed E-state index contributed by atoms with van der Waals surface area (Å²) in [6.45, 7) is 5.08. The van der Waals surface area contributed by atoms with Crippen LogP contribution in [0.1, 0.15) is 17.0 Å². The predicted molar refractivity (Wildman–Crippen MR) is 109 cm³/mol. The normalized spacial score (nSPS) is 10.8. The minimum absolute atomic E-state index is 0.352. The molecule has 0 fully saturated rings. The molecule has 142 valence electrons. The van der Waals surface area contributed by atoms with E-state index in [-0.39, 0.29) is 0 Å². The van der Waals surface area contributed by atoms with Crippen LogP contribution in [0, 0.1) is 13.8 Å². The molecule has 1 heterocycles. The summed E-state index contributed by atoms with van der Waals surface area (Å²) >= 11 is 7.49. The number of aromatic nitrogens is 3. The Kier molecular flexibility index (Phi) is 6.63. The summed E-state index contributed by atoms with van der Waals surface area (Å²) in [5.74, 6) is 3.27. The lowest BCUT2D eigenvalue weighted by Gasteiger charge is -2.11. The third-order valence-electron chi connectivity index (χ3n) is 4.08. The number of hydrogen-bond donors (Lipinski definition) is 0. The summed E-state index contributed by atoms with van der Waals surface area (Å²) < 4.78 is 13.6. The lowest BCUT2D eigenvalue weighted by molar-refractivity contribution is 0.290. The molecule has 0 bridgehead atoms. The number of para-hydroxylation sites is 1. The van der Waals surface area contributed by atoms with E-state index < -0.39 is 0 Å². The number of thioether (sulfide) groups is 1. The maximum Gasteiger partial charge on any atom is 0.191 e. The van der Waals surface area contributed by atoms with Crippen LogP contribution in [0.5, 0.6) is 11.5 Å². The summed E-state index contributed by atoms with van der Waals surface area (Å²) in [5.41, 5.74) is 2.31. The van der Waals surface area contributed by atoms with E-state index in [0.717, 1.165) is 39.4 Å². The Bertz CT molecular complexity index is 876. The fraction of sp³-hybridized carbons (Fsp3) is 0.300. The first-order chi connectivity index (χ1) is 13.0. The van der Waals surface area contributed by atoms with Crippen LogP contribution in [0.4, 0.5) is 0 Å². The largest absolute Gasteiger partial charge is 0.492 e. The van der Waals surface area contributed by atoms with Crippen LogP contribution in [0.3, 0.4) is 0 Å². The van der Waals surface area contributed by atoms with Crippen molar-refractivity contribution in [2.75, 3.05) is 12.4 Å². The Balaban J connectivity index is 1.49. The highest BCUT2D eigenvalue weighted by Crippen LogP contribution is 2.23. The van der Waals surface area contributed by atoms with Gasteiger partial charge in [-0.25, -0.2) is 0 Å². The standard InChI is InChI=1S/C20H22ClN3O2S/c1-14-5-4-6-15(2)19(14)25-11-12-27-20-23-22-18(24(20)3)13-26-17-9-7-16(21)8-10-17/h4-10H,11-13H2,1-3H3. The van der Waals surface area contributed by atoms with Crippen LogP contribution in [-0.4, -0.2) is 27.1 Å². The van der Waals surface area contributed by atoms with Crippen molar-refractivity contribution >= 4 is 23.4 Å². The van der Waals surface area contributed by atoms with Crippen molar-refractivity contribution < 1.29 is 9.47 Å². The van der Waals surface area contributed by atoms with Crippen LogP contribution in [0.25, 0.3) is 0 Å². The molecule has 0 atom stereocenters. The minimum Gasteiger partial charge on any atom is -0.492 e. The van der Waals surface area contributed by atoms with Crippen molar-refractivity contribution in [3.8, 4) is 11.5 Å². The smallest absolute Gasteiger partial charge is 0.191 e. The molecule has 0 aliphatic heterocycles. The van der Waals surface area contributed by atoms with E-state index in [1.165, 1.54) is 0 Å². The fourth-order valence-corrected chi connectivity index (χ4v) is 3.45. The maximum absolute atomic E-state index is 5.94. The number of hydrogen-bond acceptors (Lipinski definition) is 5. The van der Waals surface area contributed by atoms with Gasteiger partial charge in [0.25, 0.3) is 0 Å². The second-order valence-electron chi connectivity index (χ2n) is 6.12. The summed E-state index contributed by atoms with van der Waals surface area (Å²) in [5, 5.41) is 9.98. The zero-order valence-corrected chi connectivity index (χ0v) is 17.2.